The highest BCUT2D eigenvalue weighted by Crippen LogP contribution is 2.27. The minimum atomic E-state index is -1.06. The van der Waals surface area contributed by atoms with Crippen LogP contribution in [-0.2, 0) is 36.7 Å². The number of carbonyl (C=O) groups is 4. The van der Waals surface area contributed by atoms with Crippen molar-refractivity contribution in [1.82, 2.24) is 15.3 Å². The summed E-state index contributed by atoms with van der Waals surface area (Å²) in [6, 6.07) is 12.2. The minimum absolute atomic E-state index is 0.00538. The molecule has 1 amide bonds. The van der Waals surface area contributed by atoms with Crippen molar-refractivity contribution in [1.29, 1.82) is 0 Å². The SMILES string of the molecule is COC(=O)CC[C@H](NC(=O)c1c[nH]c(-c2cc(Oc3ccc(CC(=O)Cc4cc(C)ccc4F)c(F)c3)ccn2)c1)C(=O)OC. The van der Waals surface area contributed by atoms with E-state index in [1.165, 1.54) is 50.9 Å². The molecular weight excluding hydrogens is 588 g/mol. The van der Waals surface area contributed by atoms with Crippen molar-refractivity contribution < 1.29 is 42.2 Å². The highest BCUT2D eigenvalue weighted by atomic mass is 19.1. The number of aryl methyl sites for hydroxylation is 1. The summed E-state index contributed by atoms with van der Waals surface area (Å²) >= 11 is 0. The quantitative estimate of drug-likeness (QED) is 0.199. The fourth-order valence-corrected chi connectivity index (χ4v) is 4.49. The van der Waals surface area contributed by atoms with Gasteiger partial charge < -0.3 is 24.5 Å². The van der Waals surface area contributed by atoms with E-state index in [1.807, 2.05) is 0 Å². The number of amides is 1. The zero-order chi connectivity index (χ0) is 32.5. The molecule has 2 aromatic carbocycles. The number of ketones is 1. The Morgan fingerprint density at radius 2 is 1.64 bits per heavy atom. The zero-order valence-electron chi connectivity index (χ0n) is 24.8. The number of ether oxygens (including phenoxy) is 3. The van der Waals surface area contributed by atoms with Gasteiger partial charge in [0.1, 0.15) is 35.0 Å². The largest absolute Gasteiger partial charge is 0.469 e. The van der Waals surface area contributed by atoms with Crippen LogP contribution in [0.1, 0.15) is 39.9 Å². The van der Waals surface area contributed by atoms with Crippen LogP contribution >= 0.6 is 0 Å². The van der Waals surface area contributed by atoms with Gasteiger partial charge in [0.25, 0.3) is 5.91 Å². The Morgan fingerprint density at radius 3 is 2.38 bits per heavy atom. The number of Topliss-reactive ketones (excluding diaryl/α,β-unsaturated/α-hetero) is 1. The van der Waals surface area contributed by atoms with E-state index in [0.29, 0.717) is 17.1 Å². The molecule has 0 bridgehead atoms. The molecule has 0 saturated carbocycles. The van der Waals surface area contributed by atoms with Gasteiger partial charge in [-0.3, -0.25) is 19.4 Å². The van der Waals surface area contributed by atoms with Gasteiger partial charge >= 0.3 is 11.9 Å². The van der Waals surface area contributed by atoms with Crippen LogP contribution in [0.4, 0.5) is 8.78 Å². The Balaban J connectivity index is 1.40. The molecule has 2 heterocycles. The van der Waals surface area contributed by atoms with Gasteiger partial charge in [-0.1, -0.05) is 23.8 Å². The Hall–Kier alpha value is -5.39. The summed E-state index contributed by atoms with van der Waals surface area (Å²) in [6.45, 7) is 1.80. The molecule has 0 unspecified atom stereocenters. The van der Waals surface area contributed by atoms with Gasteiger partial charge in [0.15, 0.2) is 0 Å². The molecule has 10 nitrogen and oxygen atoms in total. The fourth-order valence-electron chi connectivity index (χ4n) is 4.49. The average molecular weight is 620 g/mol. The molecular formula is C33H31F2N3O7. The first-order valence-electron chi connectivity index (χ1n) is 13.9. The second-order valence-electron chi connectivity index (χ2n) is 10.2. The topological polar surface area (TPSA) is 137 Å². The fraction of sp³-hybridized carbons (Fsp3) is 0.242. The Bertz CT molecular complexity index is 1720. The van der Waals surface area contributed by atoms with Crippen molar-refractivity contribution in [2.24, 2.45) is 0 Å². The number of methoxy groups -OCH3 is 2. The molecule has 234 valence electrons. The zero-order valence-corrected chi connectivity index (χ0v) is 24.8. The Morgan fingerprint density at radius 1 is 0.889 bits per heavy atom. The molecule has 12 heteroatoms. The van der Waals surface area contributed by atoms with Crippen LogP contribution in [0, 0.1) is 18.6 Å². The number of pyridine rings is 1. The summed E-state index contributed by atoms with van der Waals surface area (Å²) in [5.74, 6) is -2.76. The number of aromatic nitrogens is 2. The molecule has 0 aliphatic rings. The maximum atomic E-state index is 14.9. The van der Waals surface area contributed by atoms with Crippen molar-refractivity contribution in [3.8, 4) is 22.9 Å². The normalized spacial score (nSPS) is 11.4. The molecule has 1 atom stereocenters. The van der Waals surface area contributed by atoms with Gasteiger partial charge in [0.2, 0.25) is 0 Å². The molecule has 0 radical (unpaired) electrons. The molecule has 4 rings (SSSR count). The van der Waals surface area contributed by atoms with Crippen LogP contribution in [0.3, 0.4) is 0 Å². The average Bonchev–Trinajstić information content (AvgIpc) is 3.53. The number of H-pyrrole nitrogens is 1. The van der Waals surface area contributed by atoms with Gasteiger partial charge in [-0.15, -0.1) is 0 Å². The number of halogens is 2. The summed E-state index contributed by atoms with van der Waals surface area (Å²) in [7, 11) is 2.40. The van der Waals surface area contributed by atoms with Gasteiger partial charge in [0.05, 0.1) is 31.2 Å². The summed E-state index contributed by atoms with van der Waals surface area (Å²) in [5, 5.41) is 2.55. The molecule has 4 aromatic rings. The predicted octanol–water partition coefficient (Wildman–Crippen LogP) is 5.03. The monoisotopic (exact) mass is 619 g/mol. The number of benzene rings is 2. The number of hydrogen-bond acceptors (Lipinski definition) is 8. The van der Waals surface area contributed by atoms with E-state index in [-0.39, 0.29) is 53.9 Å². The first kappa shape index (κ1) is 32.5. The maximum absolute atomic E-state index is 14.9. The lowest BCUT2D eigenvalue weighted by atomic mass is 10.0. The standard InChI is InChI=1S/C33H31F2N3O7/c1-19-4-7-26(34)21(12-19)14-23(39)13-20-5-6-24(16-27(20)35)45-25-10-11-36-30(17-25)29-15-22(18-37-29)32(41)38-28(33(42)44-3)8-9-31(40)43-2/h4-7,10-12,15-18,28,37H,8-9,13-14H2,1-3H3,(H,38,41)/t28-/m0/s1. The molecule has 2 aromatic heterocycles. The van der Waals surface area contributed by atoms with E-state index in [9.17, 15) is 28.0 Å². The van der Waals surface area contributed by atoms with E-state index in [4.69, 9.17) is 9.47 Å². The third kappa shape index (κ3) is 8.82. The van der Waals surface area contributed by atoms with E-state index in [1.54, 1.807) is 31.2 Å². The molecule has 0 spiro atoms. The lowest BCUT2D eigenvalue weighted by Crippen LogP contribution is -2.41. The summed E-state index contributed by atoms with van der Waals surface area (Å²) in [5.41, 5.74) is 2.32. The highest BCUT2D eigenvalue weighted by Gasteiger charge is 2.24. The first-order chi connectivity index (χ1) is 21.6. The van der Waals surface area contributed by atoms with Crippen molar-refractivity contribution >= 4 is 23.6 Å². The van der Waals surface area contributed by atoms with Crippen LogP contribution in [-0.4, -0.2) is 53.9 Å². The summed E-state index contributed by atoms with van der Waals surface area (Å²) in [4.78, 5) is 56.1. The summed E-state index contributed by atoms with van der Waals surface area (Å²) < 4.78 is 44.0. The minimum Gasteiger partial charge on any atom is -0.469 e. The van der Waals surface area contributed by atoms with Crippen LogP contribution in [0.15, 0.2) is 67.0 Å². The second kappa shape index (κ2) is 14.9. The number of hydrogen-bond donors (Lipinski definition) is 2. The van der Waals surface area contributed by atoms with Crippen molar-refractivity contribution in [2.45, 2.75) is 38.6 Å². The number of esters is 2. The van der Waals surface area contributed by atoms with Crippen LogP contribution in [0.2, 0.25) is 0 Å². The Kier molecular flexibility index (Phi) is 10.7. The number of aromatic amines is 1. The second-order valence-corrected chi connectivity index (χ2v) is 10.2. The number of carbonyl (C=O) groups excluding carboxylic acids is 4. The van der Waals surface area contributed by atoms with E-state index < -0.39 is 35.5 Å². The van der Waals surface area contributed by atoms with Gasteiger partial charge in [-0.05, 0) is 48.7 Å². The van der Waals surface area contributed by atoms with E-state index >= 15 is 0 Å². The van der Waals surface area contributed by atoms with Crippen LogP contribution in [0.5, 0.6) is 11.5 Å². The van der Waals surface area contributed by atoms with Gasteiger partial charge in [-0.2, -0.15) is 0 Å². The Labute approximate surface area is 257 Å². The molecule has 2 N–H and O–H groups in total. The number of nitrogens with one attached hydrogen (secondary N) is 2. The highest BCUT2D eigenvalue weighted by molar-refractivity contribution is 5.97. The first-order valence-corrected chi connectivity index (χ1v) is 13.9. The molecule has 0 saturated heterocycles. The van der Waals surface area contributed by atoms with Crippen molar-refractivity contribution in [3.05, 3.63) is 101 Å². The lowest BCUT2D eigenvalue weighted by Gasteiger charge is -2.15. The van der Waals surface area contributed by atoms with Crippen LogP contribution in [0.25, 0.3) is 11.4 Å². The third-order valence-corrected chi connectivity index (χ3v) is 6.85. The number of rotatable bonds is 13. The smallest absolute Gasteiger partial charge is 0.328 e. The van der Waals surface area contributed by atoms with Gasteiger partial charge in [0, 0.05) is 43.8 Å². The van der Waals surface area contributed by atoms with Crippen molar-refractivity contribution in [3.63, 3.8) is 0 Å². The third-order valence-electron chi connectivity index (χ3n) is 6.85. The summed E-state index contributed by atoms with van der Waals surface area (Å²) in [6.07, 6.45) is 2.46. The molecule has 0 aliphatic heterocycles. The van der Waals surface area contributed by atoms with Crippen molar-refractivity contribution in [2.75, 3.05) is 14.2 Å². The molecule has 0 aliphatic carbocycles. The van der Waals surface area contributed by atoms with E-state index in [0.717, 1.165) is 11.6 Å². The number of nitrogens with zero attached hydrogens (tertiary/aromatic N) is 1. The van der Waals surface area contributed by atoms with Gasteiger partial charge in [-0.25, -0.2) is 13.6 Å². The lowest BCUT2D eigenvalue weighted by molar-refractivity contribution is -0.144. The predicted molar refractivity (Wildman–Crippen MR) is 159 cm³/mol. The maximum Gasteiger partial charge on any atom is 0.328 e. The molecule has 45 heavy (non-hydrogen) atoms. The molecule has 0 fully saturated rings. The van der Waals surface area contributed by atoms with Crippen LogP contribution < -0.4 is 10.1 Å². The van der Waals surface area contributed by atoms with E-state index in [2.05, 4.69) is 20.0 Å².